The van der Waals surface area contributed by atoms with Crippen molar-refractivity contribution in [2.24, 2.45) is 0 Å². The minimum atomic E-state index is -0.809. The van der Waals surface area contributed by atoms with E-state index in [0.717, 1.165) is 24.8 Å². The molecule has 2 N–H and O–H groups in total. The number of carbonyl (C=O) groups is 1. The number of aromatic hydroxyl groups is 1. The normalized spacial score (nSPS) is 16.8. The maximum atomic E-state index is 11.0. The highest BCUT2D eigenvalue weighted by Crippen LogP contribution is 2.38. The number of hydrogen-bond donors (Lipinski definition) is 2. The molecule has 0 bridgehead atoms. The van der Waals surface area contributed by atoms with E-state index in [1.165, 1.54) is 0 Å². The van der Waals surface area contributed by atoms with E-state index in [2.05, 4.69) is 0 Å². The lowest BCUT2D eigenvalue weighted by molar-refractivity contribution is -0.139. The Hall–Kier alpha value is -1.55. The summed E-state index contributed by atoms with van der Waals surface area (Å²) in [5.74, 6) is -0.559. The largest absolute Gasteiger partial charge is 0.508 e. The molecular formula is C14H19NO3. The first-order valence-corrected chi connectivity index (χ1v) is 6.39. The van der Waals surface area contributed by atoms with Crippen LogP contribution in [0.2, 0.25) is 0 Å². The zero-order valence-corrected chi connectivity index (χ0v) is 10.5. The van der Waals surface area contributed by atoms with E-state index in [9.17, 15) is 9.90 Å². The van der Waals surface area contributed by atoms with Crippen molar-refractivity contribution >= 4 is 5.97 Å². The van der Waals surface area contributed by atoms with Crippen LogP contribution in [0.5, 0.6) is 5.75 Å². The number of carboxylic acids is 1. The highest BCUT2D eigenvalue weighted by atomic mass is 16.4. The Bertz CT molecular complexity index is 429. The van der Waals surface area contributed by atoms with Crippen LogP contribution >= 0.6 is 0 Å². The molecule has 0 radical (unpaired) electrons. The van der Waals surface area contributed by atoms with Crippen LogP contribution in [0.4, 0.5) is 0 Å². The molecule has 4 nitrogen and oxygen atoms in total. The number of rotatable bonds is 6. The zero-order valence-electron chi connectivity index (χ0n) is 10.5. The second-order valence-corrected chi connectivity index (χ2v) is 4.78. The maximum Gasteiger partial charge on any atom is 0.317 e. The second-order valence-electron chi connectivity index (χ2n) is 4.78. The number of phenolic OH excluding ortho intramolecular Hbond substituents is 1. The summed E-state index contributed by atoms with van der Waals surface area (Å²) in [5.41, 5.74) is 0.827. The number of para-hydroxylation sites is 1. The molecule has 1 unspecified atom stereocenters. The highest BCUT2D eigenvalue weighted by molar-refractivity contribution is 5.69. The Morgan fingerprint density at radius 1 is 1.44 bits per heavy atom. The fraction of sp³-hybridized carbons (Fsp3) is 0.500. The van der Waals surface area contributed by atoms with Crippen molar-refractivity contribution in [1.82, 2.24) is 4.90 Å². The quantitative estimate of drug-likeness (QED) is 0.812. The predicted octanol–water partition coefficient (Wildman–Crippen LogP) is 2.39. The van der Waals surface area contributed by atoms with Gasteiger partial charge in [0.1, 0.15) is 5.75 Å². The van der Waals surface area contributed by atoms with Crippen LogP contribution in [0, 0.1) is 0 Å². The van der Waals surface area contributed by atoms with Gasteiger partial charge in [0, 0.05) is 17.6 Å². The van der Waals surface area contributed by atoms with Crippen LogP contribution in [0.25, 0.3) is 0 Å². The van der Waals surface area contributed by atoms with Crippen LogP contribution < -0.4 is 0 Å². The summed E-state index contributed by atoms with van der Waals surface area (Å²) >= 11 is 0. The van der Waals surface area contributed by atoms with Crippen molar-refractivity contribution in [2.75, 3.05) is 6.54 Å². The Balaban J connectivity index is 2.25. The molecule has 0 spiro atoms. The van der Waals surface area contributed by atoms with Crippen LogP contribution in [0.3, 0.4) is 0 Å². The topological polar surface area (TPSA) is 60.8 Å². The van der Waals surface area contributed by atoms with Crippen molar-refractivity contribution in [3.05, 3.63) is 29.8 Å². The Kier molecular flexibility index (Phi) is 3.87. The molecule has 0 saturated heterocycles. The predicted molar refractivity (Wildman–Crippen MR) is 68.5 cm³/mol. The first kappa shape index (κ1) is 12.9. The number of aliphatic carboxylic acids is 1. The van der Waals surface area contributed by atoms with Gasteiger partial charge < -0.3 is 10.2 Å². The molecular weight excluding hydrogens is 230 g/mol. The van der Waals surface area contributed by atoms with Gasteiger partial charge in [-0.3, -0.25) is 9.69 Å². The lowest BCUT2D eigenvalue weighted by Gasteiger charge is -2.30. The molecule has 18 heavy (non-hydrogen) atoms. The number of nitrogens with zero attached hydrogens (tertiary/aromatic N) is 1. The minimum Gasteiger partial charge on any atom is -0.508 e. The molecule has 98 valence electrons. The standard InChI is InChI=1S/C14H19NO3/c1-2-12(11-5-3-4-6-13(11)16)15(9-14(17)18)10-7-8-10/h3-6,10,12,16H,2,7-9H2,1H3,(H,17,18). The lowest BCUT2D eigenvalue weighted by atomic mass is 10.0. The van der Waals surface area contributed by atoms with E-state index in [0.29, 0.717) is 6.04 Å². The van der Waals surface area contributed by atoms with Gasteiger partial charge >= 0.3 is 5.97 Å². The van der Waals surface area contributed by atoms with Crippen molar-refractivity contribution in [2.45, 2.75) is 38.3 Å². The summed E-state index contributed by atoms with van der Waals surface area (Å²) in [6.07, 6.45) is 2.90. The summed E-state index contributed by atoms with van der Waals surface area (Å²) < 4.78 is 0. The van der Waals surface area contributed by atoms with Crippen LogP contribution in [-0.2, 0) is 4.79 Å². The molecule has 1 aliphatic carbocycles. The zero-order chi connectivity index (χ0) is 13.1. The van der Waals surface area contributed by atoms with Gasteiger partial charge in [-0.1, -0.05) is 25.1 Å². The van der Waals surface area contributed by atoms with E-state index in [1.807, 2.05) is 24.0 Å². The monoisotopic (exact) mass is 249 g/mol. The number of phenols is 1. The summed E-state index contributed by atoms with van der Waals surface area (Å²) in [5, 5.41) is 18.9. The Morgan fingerprint density at radius 2 is 2.11 bits per heavy atom. The van der Waals surface area contributed by atoms with E-state index >= 15 is 0 Å². The average Bonchev–Trinajstić information content (AvgIpc) is 3.14. The first-order valence-electron chi connectivity index (χ1n) is 6.39. The molecule has 0 aliphatic heterocycles. The van der Waals surface area contributed by atoms with E-state index in [-0.39, 0.29) is 18.3 Å². The molecule has 0 aromatic heterocycles. The summed E-state index contributed by atoms with van der Waals surface area (Å²) in [6.45, 7) is 2.06. The van der Waals surface area contributed by atoms with Crippen LogP contribution in [0.1, 0.15) is 37.8 Å². The summed E-state index contributed by atoms with van der Waals surface area (Å²) in [7, 11) is 0. The van der Waals surface area contributed by atoms with Gasteiger partial charge in [-0.15, -0.1) is 0 Å². The van der Waals surface area contributed by atoms with Gasteiger partial charge in [-0.05, 0) is 25.3 Å². The SMILES string of the molecule is CCC(c1ccccc1O)N(CC(=O)O)C1CC1. The molecule has 1 atom stereocenters. The third-order valence-electron chi connectivity index (χ3n) is 3.42. The van der Waals surface area contributed by atoms with Crippen LogP contribution in [-0.4, -0.2) is 33.7 Å². The maximum absolute atomic E-state index is 11.0. The molecule has 4 heteroatoms. The molecule has 2 rings (SSSR count). The smallest absolute Gasteiger partial charge is 0.317 e. The van der Waals surface area contributed by atoms with Gasteiger partial charge in [-0.25, -0.2) is 0 Å². The molecule has 0 amide bonds. The van der Waals surface area contributed by atoms with Crippen molar-refractivity contribution in [1.29, 1.82) is 0 Å². The van der Waals surface area contributed by atoms with Crippen molar-refractivity contribution in [3.8, 4) is 5.75 Å². The fourth-order valence-electron chi connectivity index (χ4n) is 2.46. The van der Waals surface area contributed by atoms with Crippen LogP contribution in [0.15, 0.2) is 24.3 Å². The molecule has 0 heterocycles. The van der Waals surface area contributed by atoms with Crippen molar-refractivity contribution < 1.29 is 15.0 Å². The van der Waals surface area contributed by atoms with E-state index in [4.69, 9.17) is 5.11 Å². The summed E-state index contributed by atoms with van der Waals surface area (Å²) in [4.78, 5) is 13.0. The first-order chi connectivity index (χ1) is 8.63. The number of benzene rings is 1. The second kappa shape index (κ2) is 5.40. The van der Waals surface area contributed by atoms with Gasteiger partial charge in [0.05, 0.1) is 6.54 Å². The van der Waals surface area contributed by atoms with Crippen molar-refractivity contribution in [3.63, 3.8) is 0 Å². The van der Waals surface area contributed by atoms with Gasteiger partial charge in [0.25, 0.3) is 0 Å². The third kappa shape index (κ3) is 2.82. The third-order valence-corrected chi connectivity index (χ3v) is 3.42. The van der Waals surface area contributed by atoms with E-state index < -0.39 is 5.97 Å². The molecule has 1 aliphatic rings. The highest BCUT2D eigenvalue weighted by Gasteiger charge is 2.35. The summed E-state index contributed by atoms with van der Waals surface area (Å²) in [6, 6.07) is 7.53. The van der Waals surface area contributed by atoms with Gasteiger partial charge in [0.2, 0.25) is 0 Å². The fourth-order valence-corrected chi connectivity index (χ4v) is 2.46. The molecule has 1 aromatic carbocycles. The van der Waals surface area contributed by atoms with E-state index in [1.54, 1.807) is 12.1 Å². The number of carboxylic acid groups (broad SMARTS) is 1. The molecule has 1 aromatic rings. The average molecular weight is 249 g/mol. The Morgan fingerprint density at radius 3 is 2.61 bits per heavy atom. The molecule has 1 saturated carbocycles. The number of hydrogen-bond acceptors (Lipinski definition) is 3. The molecule has 1 fully saturated rings. The lowest BCUT2D eigenvalue weighted by Crippen LogP contribution is -2.35. The van der Waals surface area contributed by atoms with Gasteiger partial charge in [-0.2, -0.15) is 0 Å². The Labute approximate surface area is 107 Å². The minimum absolute atomic E-state index is 0.0187. The van der Waals surface area contributed by atoms with Gasteiger partial charge in [0.15, 0.2) is 0 Å².